The lowest BCUT2D eigenvalue weighted by Crippen LogP contribution is -2.59. The second kappa shape index (κ2) is 8.40. The fourth-order valence-corrected chi connectivity index (χ4v) is 3.73. The van der Waals surface area contributed by atoms with Crippen molar-refractivity contribution in [2.75, 3.05) is 0 Å². The molecule has 1 amide bonds. The molecule has 0 saturated carbocycles. The molecule has 0 heterocycles. The maximum atomic E-state index is 13.8. The van der Waals surface area contributed by atoms with E-state index in [1.807, 2.05) is 5.32 Å². The molecule has 3 N–H and O–H groups in total. The Morgan fingerprint density at radius 1 is 1.23 bits per heavy atom. The highest BCUT2D eigenvalue weighted by Crippen LogP contribution is 2.44. The average Bonchev–Trinajstić information content (AvgIpc) is 2.60. The molecule has 0 bridgehead atoms. The van der Waals surface area contributed by atoms with Crippen molar-refractivity contribution in [2.45, 2.75) is 49.8 Å². The molecule has 3 atom stereocenters. The van der Waals surface area contributed by atoms with Gasteiger partial charge < -0.3 is 15.5 Å². The predicted octanol–water partition coefficient (Wildman–Crippen LogP) is 4.87. The molecule has 0 saturated heterocycles. The Morgan fingerprint density at radius 3 is 2.40 bits per heavy atom. The largest absolute Gasteiger partial charge is 0.508 e. The van der Waals surface area contributed by atoms with Crippen LogP contribution in [0.4, 0.5) is 17.6 Å². The van der Waals surface area contributed by atoms with Gasteiger partial charge in [0.1, 0.15) is 11.6 Å². The molecule has 10 heteroatoms. The minimum absolute atomic E-state index is 0.0145. The van der Waals surface area contributed by atoms with Gasteiger partial charge in [-0.2, -0.15) is 13.2 Å². The minimum atomic E-state index is -5.38. The highest BCUT2D eigenvalue weighted by atomic mass is 35.5. The van der Waals surface area contributed by atoms with Gasteiger partial charge in [0.05, 0.1) is 16.1 Å². The number of carbonyl (C=O) groups excluding carboxylic acids is 1. The molecule has 1 aliphatic rings. The van der Waals surface area contributed by atoms with Gasteiger partial charge in [0.2, 0.25) is 5.60 Å². The number of hydrogen-bond acceptors (Lipinski definition) is 3. The molecule has 0 spiro atoms. The summed E-state index contributed by atoms with van der Waals surface area (Å²) in [6.07, 6.45) is -3.82. The number of nitrogens with one attached hydrogen (secondary N) is 1. The number of phenols is 1. The van der Waals surface area contributed by atoms with Crippen LogP contribution in [-0.2, 0) is 10.2 Å². The number of aromatic hydroxyl groups is 1. The van der Waals surface area contributed by atoms with Crippen LogP contribution < -0.4 is 5.32 Å². The molecule has 0 aliphatic heterocycles. The summed E-state index contributed by atoms with van der Waals surface area (Å²) in [5.41, 5.74) is -5.85. The van der Waals surface area contributed by atoms with E-state index < -0.39 is 46.5 Å². The first kappa shape index (κ1) is 24.5. The summed E-state index contributed by atoms with van der Waals surface area (Å²) >= 11 is 12.1. The Balaban J connectivity index is 2.41. The lowest BCUT2D eigenvalue weighted by atomic mass is 9.74. The van der Waals surface area contributed by atoms with Gasteiger partial charge in [0, 0.05) is 12.0 Å². The standard InChI is InChI=1S/C20H21Cl2F4NO3/c1-10-6-14(22)15(8-13(10)21)27-17(29)19(30,20(24,25)26)9-18(2,3)12-7-11(23)4-5-16(12)28/h4-8,10,13,28,30H,9H2,1-3H3,(H,27,29). The summed E-state index contributed by atoms with van der Waals surface area (Å²) < 4.78 is 55.1. The number of aliphatic hydroxyl groups is 1. The van der Waals surface area contributed by atoms with Crippen molar-refractivity contribution in [2.24, 2.45) is 5.92 Å². The fourth-order valence-electron chi connectivity index (χ4n) is 3.22. The topological polar surface area (TPSA) is 69.6 Å². The number of rotatable bonds is 5. The third kappa shape index (κ3) is 4.92. The summed E-state index contributed by atoms with van der Waals surface area (Å²) in [6, 6.07) is 2.77. The van der Waals surface area contributed by atoms with Crippen molar-refractivity contribution in [1.82, 2.24) is 5.32 Å². The van der Waals surface area contributed by atoms with E-state index >= 15 is 0 Å². The van der Waals surface area contributed by atoms with Gasteiger partial charge in [-0.1, -0.05) is 38.4 Å². The third-order valence-corrected chi connectivity index (χ3v) is 5.83. The smallest absolute Gasteiger partial charge is 0.426 e. The van der Waals surface area contributed by atoms with Crippen LogP contribution in [0.15, 0.2) is 41.1 Å². The van der Waals surface area contributed by atoms with Crippen LogP contribution in [-0.4, -0.2) is 33.3 Å². The van der Waals surface area contributed by atoms with Gasteiger partial charge in [-0.05, 0) is 35.6 Å². The first-order valence-corrected chi connectivity index (χ1v) is 9.73. The SMILES string of the molecule is CC1C=C(Cl)C(NC(=O)C(O)(CC(C)(C)c2cc(F)ccc2O)C(F)(F)F)=CC1Cl. The highest BCUT2D eigenvalue weighted by Gasteiger charge is 2.61. The fraction of sp³-hybridized carbons (Fsp3) is 0.450. The van der Waals surface area contributed by atoms with E-state index in [9.17, 15) is 32.6 Å². The second-order valence-electron chi connectivity index (χ2n) is 7.93. The lowest BCUT2D eigenvalue weighted by molar-refractivity contribution is -0.257. The van der Waals surface area contributed by atoms with Crippen molar-refractivity contribution in [3.05, 3.63) is 52.5 Å². The molecule has 0 aromatic heterocycles. The van der Waals surface area contributed by atoms with Crippen LogP contribution in [0.3, 0.4) is 0 Å². The zero-order valence-corrected chi connectivity index (χ0v) is 17.8. The number of hydrogen-bond donors (Lipinski definition) is 3. The summed E-state index contributed by atoms with van der Waals surface area (Å²) in [5, 5.41) is 21.8. The van der Waals surface area contributed by atoms with Crippen molar-refractivity contribution < 1.29 is 32.6 Å². The second-order valence-corrected chi connectivity index (χ2v) is 8.84. The first-order valence-electron chi connectivity index (χ1n) is 8.91. The molecule has 0 radical (unpaired) electrons. The van der Waals surface area contributed by atoms with Crippen LogP contribution in [0.1, 0.15) is 32.8 Å². The molecule has 1 aromatic rings. The van der Waals surface area contributed by atoms with Gasteiger partial charge in [-0.3, -0.25) is 4.79 Å². The van der Waals surface area contributed by atoms with Gasteiger partial charge in [-0.15, -0.1) is 11.6 Å². The van der Waals surface area contributed by atoms with Gasteiger partial charge in [0.15, 0.2) is 0 Å². The van der Waals surface area contributed by atoms with E-state index in [1.54, 1.807) is 6.92 Å². The van der Waals surface area contributed by atoms with Crippen LogP contribution in [0, 0.1) is 11.7 Å². The van der Waals surface area contributed by atoms with Crippen LogP contribution in [0.2, 0.25) is 0 Å². The monoisotopic (exact) mass is 469 g/mol. The van der Waals surface area contributed by atoms with Crippen molar-refractivity contribution in [3.63, 3.8) is 0 Å². The molecule has 1 aliphatic carbocycles. The van der Waals surface area contributed by atoms with E-state index in [0.717, 1.165) is 18.2 Å². The quantitative estimate of drug-likeness (QED) is 0.425. The molecule has 0 fully saturated rings. The lowest BCUT2D eigenvalue weighted by Gasteiger charge is -2.37. The molecule has 2 rings (SSSR count). The molecule has 166 valence electrons. The Labute approximate surface area is 181 Å². The molecular weight excluding hydrogens is 449 g/mol. The van der Waals surface area contributed by atoms with Crippen molar-refractivity contribution >= 4 is 29.1 Å². The molecule has 4 nitrogen and oxygen atoms in total. The first-order chi connectivity index (χ1) is 13.6. The number of amides is 1. The minimum Gasteiger partial charge on any atom is -0.508 e. The van der Waals surface area contributed by atoms with Crippen molar-refractivity contribution in [3.8, 4) is 5.75 Å². The highest BCUT2D eigenvalue weighted by molar-refractivity contribution is 6.33. The zero-order chi connectivity index (χ0) is 23.1. The Morgan fingerprint density at radius 2 is 1.83 bits per heavy atom. The summed E-state index contributed by atoms with van der Waals surface area (Å²) in [5.74, 6) is -3.24. The van der Waals surface area contributed by atoms with Crippen LogP contribution in [0.5, 0.6) is 5.75 Å². The van der Waals surface area contributed by atoms with Gasteiger partial charge in [0.25, 0.3) is 5.91 Å². The number of benzene rings is 1. The molecule has 1 aromatic carbocycles. The number of carbonyl (C=O) groups is 1. The van der Waals surface area contributed by atoms with Gasteiger partial charge >= 0.3 is 6.18 Å². The van der Waals surface area contributed by atoms with Crippen molar-refractivity contribution in [1.29, 1.82) is 0 Å². The maximum Gasteiger partial charge on any atom is 0.426 e. The average molecular weight is 470 g/mol. The predicted molar refractivity (Wildman–Crippen MR) is 106 cm³/mol. The molecule has 30 heavy (non-hydrogen) atoms. The van der Waals surface area contributed by atoms with Crippen LogP contribution >= 0.6 is 23.2 Å². The normalized spacial score (nSPS) is 22.1. The number of phenolic OH excluding ortho intramolecular Hbond substituents is 1. The zero-order valence-electron chi connectivity index (χ0n) is 16.3. The van der Waals surface area contributed by atoms with E-state index in [-0.39, 0.29) is 22.2 Å². The number of allylic oxidation sites excluding steroid dienone is 3. The third-order valence-electron chi connectivity index (χ3n) is 4.97. The Bertz CT molecular complexity index is 899. The summed E-state index contributed by atoms with van der Waals surface area (Å²) in [4.78, 5) is 12.6. The van der Waals surface area contributed by atoms with Gasteiger partial charge in [-0.25, -0.2) is 4.39 Å². The van der Waals surface area contributed by atoms with E-state index in [0.29, 0.717) is 0 Å². The number of halogens is 6. The summed E-state index contributed by atoms with van der Waals surface area (Å²) in [6.45, 7) is 4.22. The van der Waals surface area contributed by atoms with E-state index in [1.165, 1.54) is 26.0 Å². The van der Waals surface area contributed by atoms with E-state index in [4.69, 9.17) is 23.2 Å². The Kier molecular flexibility index (Phi) is 6.86. The van der Waals surface area contributed by atoms with Crippen LogP contribution in [0.25, 0.3) is 0 Å². The Hall–Kier alpha value is -1.77. The van der Waals surface area contributed by atoms with E-state index in [2.05, 4.69) is 0 Å². The molecular formula is C20H21Cl2F4NO3. The molecule has 3 unspecified atom stereocenters. The maximum absolute atomic E-state index is 13.8. The summed E-state index contributed by atoms with van der Waals surface area (Å²) in [7, 11) is 0. The number of alkyl halides is 4.